The van der Waals surface area contributed by atoms with E-state index < -0.39 is 12.5 Å². The average molecular weight is 108 g/mol. The number of hydrogen-bond acceptors (Lipinski definition) is 2. The number of alkyl halides is 2. The van der Waals surface area contributed by atoms with Crippen molar-refractivity contribution >= 4 is 0 Å². The van der Waals surface area contributed by atoms with Gasteiger partial charge in [0.15, 0.2) is 0 Å². The summed E-state index contributed by atoms with van der Waals surface area (Å²) in [4.78, 5) is 0. The van der Waals surface area contributed by atoms with E-state index in [0.29, 0.717) is 0 Å². The van der Waals surface area contributed by atoms with Gasteiger partial charge in [0.2, 0.25) is 0 Å². The third kappa shape index (κ3) is 5.46. The molecule has 42 valence electrons. The second-order valence-corrected chi connectivity index (χ2v) is 1.39. The zero-order valence-electron chi connectivity index (χ0n) is 3.91. The van der Waals surface area contributed by atoms with Crippen molar-refractivity contribution in [1.29, 1.82) is 5.53 Å². The fourth-order valence-electron chi connectivity index (χ4n) is 0.139. The molecular formula is C3H6F2N2. The van der Waals surface area contributed by atoms with Gasteiger partial charge in [0.1, 0.15) is 6.54 Å². The van der Waals surface area contributed by atoms with Gasteiger partial charge in [-0.05, 0) is 0 Å². The number of nitrogens with zero attached hydrogens (tertiary/aromatic N) is 1. The molecule has 0 aliphatic rings. The molecule has 7 heavy (non-hydrogen) atoms. The van der Waals surface area contributed by atoms with E-state index >= 15 is 0 Å². The fraction of sp³-hybridized carbons (Fsp3) is 1.00. The first kappa shape index (κ1) is 6.46. The minimum absolute atomic E-state index is 0.701. The molecule has 0 fully saturated rings. The highest BCUT2D eigenvalue weighted by atomic mass is 19.3. The summed E-state index contributed by atoms with van der Waals surface area (Å²) in [7, 11) is 0. The first-order valence-corrected chi connectivity index (χ1v) is 1.77. The van der Waals surface area contributed by atoms with Crippen molar-refractivity contribution in [2.45, 2.75) is 12.8 Å². The Balaban J connectivity index is 3.34. The highest BCUT2D eigenvalue weighted by Gasteiger charge is 2.19. The summed E-state index contributed by atoms with van der Waals surface area (Å²) >= 11 is 0. The van der Waals surface area contributed by atoms with Crippen molar-refractivity contribution < 1.29 is 8.78 Å². The second kappa shape index (κ2) is 1.95. The number of rotatable bonds is 2. The Labute approximate surface area is 40.0 Å². The quantitative estimate of drug-likeness (QED) is 0.522. The third-order valence-electron chi connectivity index (χ3n) is 0.357. The zero-order valence-corrected chi connectivity index (χ0v) is 3.91. The molecular weight excluding hydrogens is 102 g/mol. The van der Waals surface area contributed by atoms with E-state index in [1.807, 2.05) is 0 Å². The smallest absolute Gasteiger partial charge is 0.210 e. The van der Waals surface area contributed by atoms with E-state index in [1.165, 1.54) is 0 Å². The summed E-state index contributed by atoms with van der Waals surface area (Å²) in [6.45, 7) is 0.0258. The third-order valence-corrected chi connectivity index (χ3v) is 0.357. The maximum absolute atomic E-state index is 11.5. The van der Waals surface area contributed by atoms with Crippen LogP contribution in [0, 0.1) is 5.53 Å². The summed E-state index contributed by atoms with van der Waals surface area (Å²) in [5, 5.41) is 2.51. The molecule has 0 aliphatic heterocycles. The molecule has 0 aromatic carbocycles. The molecule has 0 radical (unpaired) electrons. The number of halogens is 2. The van der Waals surface area contributed by atoms with Gasteiger partial charge < -0.3 is 0 Å². The Bertz CT molecular complexity index is 65.8. The summed E-state index contributed by atoms with van der Waals surface area (Å²) in [6.07, 6.45) is 0. The molecule has 0 rings (SSSR count). The Morgan fingerprint density at radius 1 is 1.71 bits per heavy atom. The minimum atomic E-state index is -2.80. The molecule has 4 heteroatoms. The lowest BCUT2D eigenvalue weighted by Crippen LogP contribution is -2.12. The first-order chi connectivity index (χ1) is 3.06. The Hall–Kier alpha value is -0.540. The SMILES string of the molecule is CC(F)(F)CN=N. The number of hydrogen-bond donors (Lipinski definition) is 1. The maximum Gasteiger partial charge on any atom is 0.266 e. The number of nitrogens with one attached hydrogen (secondary N) is 1. The molecule has 1 N–H and O–H groups in total. The van der Waals surface area contributed by atoms with Gasteiger partial charge in [-0.2, -0.15) is 5.11 Å². The van der Waals surface area contributed by atoms with E-state index in [9.17, 15) is 8.78 Å². The van der Waals surface area contributed by atoms with Crippen LogP contribution in [0.3, 0.4) is 0 Å². The second-order valence-electron chi connectivity index (χ2n) is 1.39. The largest absolute Gasteiger partial charge is 0.266 e. The van der Waals surface area contributed by atoms with Crippen LogP contribution >= 0.6 is 0 Å². The van der Waals surface area contributed by atoms with Crippen LogP contribution in [-0.2, 0) is 0 Å². The molecule has 0 spiro atoms. The van der Waals surface area contributed by atoms with Crippen LogP contribution in [-0.4, -0.2) is 12.5 Å². The summed E-state index contributed by atoms with van der Waals surface area (Å²) in [5.41, 5.74) is 6.00. The summed E-state index contributed by atoms with van der Waals surface area (Å²) < 4.78 is 23.0. The molecule has 0 saturated heterocycles. The average Bonchev–Trinajstić information content (AvgIpc) is 1.30. The van der Waals surface area contributed by atoms with Crippen LogP contribution in [0.15, 0.2) is 5.11 Å². The lowest BCUT2D eigenvalue weighted by Gasteiger charge is -2.01. The first-order valence-electron chi connectivity index (χ1n) is 1.77. The highest BCUT2D eigenvalue weighted by Crippen LogP contribution is 2.10. The molecule has 0 aromatic heterocycles. The van der Waals surface area contributed by atoms with Crippen LogP contribution in [0.5, 0.6) is 0 Å². The monoisotopic (exact) mass is 108 g/mol. The van der Waals surface area contributed by atoms with Gasteiger partial charge in [-0.3, -0.25) is 0 Å². The molecule has 0 aliphatic carbocycles. The van der Waals surface area contributed by atoms with Crippen molar-refractivity contribution in [3.8, 4) is 0 Å². The van der Waals surface area contributed by atoms with Gasteiger partial charge in [0, 0.05) is 6.92 Å². The molecule has 0 atom stereocenters. The van der Waals surface area contributed by atoms with Crippen LogP contribution in [0.1, 0.15) is 6.92 Å². The van der Waals surface area contributed by atoms with Crippen LogP contribution in [0.25, 0.3) is 0 Å². The van der Waals surface area contributed by atoms with E-state index in [1.54, 1.807) is 0 Å². The Morgan fingerprint density at radius 3 is 2.14 bits per heavy atom. The topological polar surface area (TPSA) is 36.2 Å². The van der Waals surface area contributed by atoms with E-state index in [2.05, 4.69) is 5.11 Å². The standard InChI is InChI=1S/C3H6F2N2/c1-3(4,5)2-7-6/h6H,2H2,1H3. The zero-order chi connectivity index (χ0) is 5.91. The van der Waals surface area contributed by atoms with Gasteiger partial charge in [0.25, 0.3) is 5.92 Å². The predicted molar refractivity (Wildman–Crippen MR) is 20.6 cm³/mol. The normalized spacial score (nSPS) is 11.3. The van der Waals surface area contributed by atoms with Crippen molar-refractivity contribution in [2.24, 2.45) is 5.11 Å². The van der Waals surface area contributed by atoms with Gasteiger partial charge >= 0.3 is 0 Å². The van der Waals surface area contributed by atoms with Gasteiger partial charge in [-0.1, -0.05) is 0 Å². The van der Waals surface area contributed by atoms with Crippen LogP contribution in [0.4, 0.5) is 8.78 Å². The molecule has 0 aromatic rings. The van der Waals surface area contributed by atoms with Crippen molar-refractivity contribution in [3.63, 3.8) is 0 Å². The Morgan fingerprint density at radius 2 is 2.14 bits per heavy atom. The van der Waals surface area contributed by atoms with Gasteiger partial charge in [0.05, 0.1) is 0 Å². The molecule has 0 bridgehead atoms. The van der Waals surface area contributed by atoms with Crippen molar-refractivity contribution in [2.75, 3.05) is 6.54 Å². The van der Waals surface area contributed by atoms with E-state index in [-0.39, 0.29) is 0 Å². The molecule has 0 saturated carbocycles. The minimum Gasteiger partial charge on any atom is -0.210 e. The molecule has 2 nitrogen and oxygen atoms in total. The highest BCUT2D eigenvalue weighted by molar-refractivity contribution is 4.57. The lowest BCUT2D eigenvalue weighted by atomic mass is 10.4. The molecule has 0 unspecified atom stereocenters. The van der Waals surface area contributed by atoms with Gasteiger partial charge in [-0.15, -0.1) is 0 Å². The van der Waals surface area contributed by atoms with E-state index in [4.69, 9.17) is 5.53 Å². The lowest BCUT2D eigenvalue weighted by molar-refractivity contribution is 0.0305. The summed E-state index contributed by atoms with van der Waals surface area (Å²) in [5.74, 6) is -2.80. The predicted octanol–water partition coefficient (Wildman–Crippen LogP) is 1.67. The Kier molecular flexibility index (Phi) is 1.80. The molecule has 0 amide bonds. The van der Waals surface area contributed by atoms with Crippen molar-refractivity contribution in [3.05, 3.63) is 0 Å². The molecule has 0 heterocycles. The van der Waals surface area contributed by atoms with E-state index in [0.717, 1.165) is 6.92 Å². The van der Waals surface area contributed by atoms with Gasteiger partial charge in [-0.25, -0.2) is 14.3 Å². The van der Waals surface area contributed by atoms with Crippen molar-refractivity contribution in [1.82, 2.24) is 0 Å². The fourth-order valence-corrected chi connectivity index (χ4v) is 0.139. The summed E-state index contributed by atoms with van der Waals surface area (Å²) in [6, 6.07) is 0. The van der Waals surface area contributed by atoms with Crippen LogP contribution in [0.2, 0.25) is 0 Å². The van der Waals surface area contributed by atoms with Crippen LogP contribution < -0.4 is 0 Å². The maximum atomic E-state index is 11.5.